The molecule has 24 heavy (non-hydrogen) atoms. The molecule has 0 atom stereocenters. The maximum Gasteiger partial charge on any atom is 0.145 e. The lowest BCUT2D eigenvalue weighted by atomic mass is 10.0. The molecule has 118 valence electrons. The Bertz CT molecular complexity index is 1040. The topological polar surface area (TPSA) is 31.4 Å². The average Bonchev–Trinajstić information content (AvgIpc) is 2.66. The molecule has 3 heteroatoms. The maximum atomic E-state index is 5.47. The van der Waals surface area contributed by atoms with Gasteiger partial charge < -0.3 is 9.47 Å². The highest BCUT2D eigenvalue weighted by molar-refractivity contribution is 5.93. The third-order valence-electron chi connectivity index (χ3n) is 4.27. The number of methoxy groups -OCH3 is 2. The van der Waals surface area contributed by atoms with Crippen LogP contribution in [-0.2, 0) is 0 Å². The highest BCUT2D eigenvalue weighted by Gasteiger charge is 2.10. The smallest absolute Gasteiger partial charge is 0.145 e. The molecule has 0 saturated carbocycles. The third-order valence-corrected chi connectivity index (χ3v) is 4.27. The molecule has 0 fully saturated rings. The number of pyridine rings is 1. The fourth-order valence-electron chi connectivity index (χ4n) is 3.02. The fourth-order valence-corrected chi connectivity index (χ4v) is 3.02. The van der Waals surface area contributed by atoms with Crippen LogP contribution < -0.4 is 9.47 Å². The average molecular weight is 315 g/mol. The fraction of sp³-hybridized carbons (Fsp3) is 0.0952. The SMILES string of the molecule is COc1ccc(OC)c2nc(-c3ccc4ccccc4c3)ccc12. The predicted molar refractivity (Wildman–Crippen MR) is 97.8 cm³/mol. The minimum absolute atomic E-state index is 0.744. The number of benzene rings is 3. The Labute approximate surface area is 140 Å². The van der Waals surface area contributed by atoms with Crippen LogP contribution in [-0.4, -0.2) is 19.2 Å². The van der Waals surface area contributed by atoms with E-state index in [2.05, 4.69) is 30.3 Å². The van der Waals surface area contributed by atoms with Gasteiger partial charge in [0, 0.05) is 10.9 Å². The Balaban J connectivity index is 1.92. The zero-order valence-electron chi connectivity index (χ0n) is 13.6. The summed E-state index contributed by atoms with van der Waals surface area (Å²) >= 11 is 0. The van der Waals surface area contributed by atoms with Crippen LogP contribution in [0.25, 0.3) is 32.9 Å². The number of rotatable bonds is 3. The Kier molecular flexibility index (Phi) is 3.54. The largest absolute Gasteiger partial charge is 0.496 e. The van der Waals surface area contributed by atoms with Gasteiger partial charge >= 0.3 is 0 Å². The molecule has 0 aliphatic carbocycles. The van der Waals surface area contributed by atoms with Gasteiger partial charge in [-0.3, -0.25) is 0 Å². The van der Waals surface area contributed by atoms with Crippen molar-refractivity contribution in [3.63, 3.8) is 0 Å². The first-order valence-electron chi connectivity index (χ1n) is 7.81. The van der Waals surface area contributed by atoms with Crippen molar-refractivity contribution in [1.82, 2.24) is 4.98 Å². The number of ether oxygens (including phenoxy) is 2. The first-order valence-corrected chi connectivity index (χ1v) is 7.81. The van der Waals surface area contributed by atoms with E-state index >= 15 is 0 Å². The van der Waals surface area contributed by atoms with E-state index in [1.54, 1.807) is 14.2 Å². The molecule has 0 unspecified atom stereocenters. The van der Waals surface area contributed by atoms with Crippen LogP contribution in [0.1, 0.15) is 0 Å². The lowest BCUT2D eigenvalue weighted by molar-refractivity contribution is 0.410. The quantitative estimate of drug-likeness (QED) is 0.529. The second kappa shape index (κ2) is 5.85. The van der Waals surface area contributed by atoms with Gasteiger partial charge in [0.05, 0.1) is 19.9 Å². The summed E-state index contributed by atoms with van der Waals surface area (Å²) in [5, 5.41) is 3.37. The van der Waals surface area contributed by atoms with Crippen LogP contribution in [0.2, 0.25) is 0 Å². The number of nitrogens with zero attached hydrogens (tertiary/aromatic N) is 1. The summed E-state index contributed by atoms with van der Waals surface area (Å²) in [6.45, 7) is 0. The summed E-state index contributed by atoms with van der Waals surface area (Å²) in [6, 6.07) is 22.6. The zero-order chi connectivity index (χ0) is 16.5. The van der Waals surface area contributed by atoms with Crippen molar-refractivity contribution in [2.75, 3.05) is 14.2 Å². The molecule has 0 bridgehead atoms. The second-order valence-corrected chi connectivity index (χ2v) is 5.62. The van der Waals surface area contributed by atoms with Crippen LogP contribution in [0.4, 0.5) is 0 Å². The first-order chi connectivity index (χ1) is 11.8. The van der Waals surface area contributed by atoms with Crippen molar-refractivity contribution in [2.24, 2.45) is 0 Å². The van der Waals surface area contributed by atoms with E-state index in [0.717, 1.165) is 33.7 Å². The first kappa shape index (κ1) is 14.5. The van der Waals surface area contributed by atoms with E-state index in [4.69, 9.17) is 14.5 Å². The van der Waals surface area contributed by atoms with Crippen LogP contribution in [0.3, 0.4) is 0 Å². The Hall–Kier alpha value is -3.07. The molecular formula is C21H17NO2. The van der Waals surface area contributed by atoms with E-state index in [0.29, 0.717) is 0 Å². The van der Waals surface area contributed by atoms with Crippen molar-refractivity contribution >= 4 is 21.7 Å². The van der Waals surface area contributed by atoms with E-state index < -0.39 is 0 Å². The molecule has 0 N–H and O–H groups in total. The number of fused-ring (bicyclic) bond motifs is 2. The second-order valence-electron chi connectivity index (χ2n) is 5.62. The van der Waals surface area contributed by atoms with E-state index in [-0.39, 0.29) is 0 Å². The summed E-state index contributed by atoms with van der Waals surface area (Å²) in [5.41, 5.74) is 2.81. The molecule has 3 aromatic carbocycles. The summed E-state index contributed by atoms with van der Waals surface area (Å²) in [5.74, 6) is 1.54. The van der Waals surface area contributed by atoms with Gasteiger partial charge in [0.2, 0.25) is 0 Å². The van der Waals surface area contributed by atoms with Crippen molar-refractivity contribution in [1.29, 1.82) is 0 Å². The summed E-state index contributed by atoms with van der Waals surface area (Å²) in [7, 11) is 3.32. The summed E-state index contributed by atoms with van der Waals surface area (Å²) in [6.07, 6.45) is 0. The minimum Gasteiger partial charge on any atom is -0.496 e. The van der Waals surface area contributed by atoms with E-state index in [1.807, 2.05) is 36.4 Å². The van der Waals surface area contributed by atoms with Gasteiger partial charge in [-0.1, -0.05) is 36.4 Å². The van der Waals surface area contributed by atoms with Gasteiger partial charge in [-0.05, 0) is 41.1 Å². The highest BCUT2D eigenvalue weighted by Crippen LogP contribution is 2.34. The third kappa shape index (κ3) is 2.35. The molecule has 3 nitrogen and oxygen atoms in total. The Morgan fingerprint density at radius 2 is 1.46 bits per heavy atom. The standard InChI is InChI=1S/C21H17NO2/c1-23-19-11-12-20(24-2)21-17(19)9-10-18(22-21)16-8-7-14-5-3-4-6-15(14)13-16/h3-13H,1-2H3. The van der Waals surface area contributed by atoms with Gasteiger partial charge in [0.1, 0.15) is 17.0 Å². The van der Waals surface area contributed by atoms with Crippen molar-refractivity contribution in [2.45, 2.75) is 0 Å². The van der Waals surface area contributed by atoms with Gasteiger partial charge in [-0.25, -0.2) is 4.98 Å². The van der Waals surface area contributed by atoms with Crippen LogP contribution in [0.5, 0.6) is 11.5 Å². The molecule has 1 aromatic heterocycles. The molecule has 4 rings (SSSR count). The van der Waals surface area contributed by atoms with Crippen LogP contribution in [0.15, 0.2) is 66.7 Å². The molecule has 0 saturated heterocycles. The predicted octanol–water partition coefficient (Wildman–Crippen LogP) is 5.07. The molecule has 0 amide bonds. The molecule has 0 aliphatic heterocycles. The normalized spacial score (nSPS) is 10.9. The number of hydrogen-bond acceptors (Lipinski definition) is 3. The van der Waals surface area contributed by atoms with Crippen molar-refractivity contribution in [3.05, 3.63) is 66.7 Å². The van der Waals surface area contributed by atoms with E-state index in [1.165, 1.54) is 10.8 Å². The van der Waals surface area contributed by atoms with Crippen molar-refractivity contribution < 1.29 is 9.47 Å². The monoisotopic (exact) mass is 315 g/mol. The molecular weight excluding hydrogens is 298 g/mol. The van der Waals surface area contributed by atoms with Crippen LogP contribution >= 0.6 is 0 Å². The molecule has 4 aromatic rings. The van der Waals surface area contributed by atoms with Gasteiger partial charge in [0.25, 0.3) is 0 Å². The molecule has 0 spiro atoms. The number of hydrogen-bond donors (Lipinski definition) is 0. The van der Waals surface area contributed by atoms with Gasteiger partial charge in [0.15, 0.2) is 0 Å². The van der Waals surface area contributed by atoms with E-state index in [9.17, 15) is 0 Å². The zero-order valence-corrected chi connectivity index (χ0v) is 13.6. The lowest BCUT2D eigenvalue weighted by Crippen LogP contribution is -1.93. The lowest BCUT2D eigenvalue weighted by Gasteiger charge is -2.11. The molecule has 1 heterocycles. The van der Waals surface area contributed by atoms with Crippen LogP contribution in [0, 0.1) is 0 Å². The summed E-state index contributed by atoms with van der Waals surface area (Å²) < 4.78 is 10.9. The van der Waals surface area contributed by atoms with Gasteiger partial charge in [-0.15, -0.1) is 0 Å². The molecule has 0 aliphatic rings. The summed E-state index contributed by atoms with van der Waals surface area (Å²) in [4.78, 5) is 4.83. The highest BCUT2D eigenvalue weighted by atomic mass is 16.5. The Morgan fingerprint density at radius 1 is 0.708 bits per heavy atom. The minimum atomic E-state index is 0.744. The number of aromatic nitrogens is 1. The Morgan fingerprint density at radius 3 is 2.25 bits per heavy atom. The maximum absolute atomic E-state index is 5.47. The van der Waals surface area contributed by atoms with Crippen molar-refractivity contribution in [3.8, 4) is 22.8 Å². The molecule has 0 radical (unpaired) electrons. The van der Waals surface area contributed by atoms with Gasteiger partial charge in [-0.2, -0.15) is 0 Å².